The van der Waals surface area contributed by atoms with Crippen molar-refractivity contribution in [3.63, 3.8) is 0 Å². The van der Waals surface area contributed by atoms with Gasteiger partial charge in [0.1, 0.15) is 23.2 Å². The van der Waals surface area contributed by atoms with E-state index in [1.54, 1.807) is 23.1 Å². The average molecular weight is 404 g/mol. The van der Waals surface area contributed by atoms with Crippen molar-refractivity contribution in [3.05, 3.63) is 65.6 Å². The number of methoxy groups -OCH3 is 1. The number of amides is 1. The van der Waals surface area contributed by atoms with E-state index in [4.69, 9.17) is 9.72 Å². The van der Waals surface area contributed by atoms with E-state index in [2.05, 4.69) is 9.88 Å². The molecule has 7 heteroatoms. The summed E-state index contributed by atoms with van der Waals surface area (Å²) in [5, 5.41) is 0. The minimum Gasteiger partial charge on any atom is -0.496 e. The van der Waals surface area contributed by atoms with Crippen molar-refractivity contribution >= 4 is 17.5 Å². The van der Waals surface area contributed by atoms with Gasteiger partial charge in [-0.3, -0.25) is 14.7 Å². The third kappa shape index (κ3) is 2.98. The van der Waals surface area contributed by atoms with Crippen molar-refractivity contribution in [2.45, 2.75) is 19.4 Å². The molecule has 0 radical (unpaired) electrons. The van der Waals surface area contributed by atoms with Crippen LogP contribution in [0.2, 0.25) is 0 Å². The first-order valence-corrected chi connectivity index (χ1v) is 10.0. The molecule has 0 spiro atoms. The highest BCUT2D eigenvalue weighted by Gasteiger charge is 2.33. The number of anilines is 2. The van der Waals surface area contributed by atoms with Crippen molar-refractivity contribution in [2.75, 3.05) is 30.0 Å². The molecule has 1 saturated heterocycles. The second-order valence-corrected chi connectivity index (χ2v) is 7.44. The lowest BCUT2D eigenvalue weighted by Crippen LogP contribution is -2.25. The molecule has 1 aromatic carbocycles. The van der Waals surface area contributed by atoms with Gasteiger partial charge in [-0.1, -0.05) is 12.1 Å². The van der Waals surface area contributed by atoms with Crippen LogP contribution < -0.4 is 14.5 Å². The number of ether oxygens (including phenoxy) is 1. The zero-order valence-electron chi connectivity index (χ0n) is 16.6. The average Bonchev–Trinajstić information content (AvgIpc) is 3.42. The quantitative estimate of drug-likeness (QED) is 0.657. The number of benzene rings is 1. The number of rotatable bonds is 4. The summed E-state index contributed by atoms with van der Waals surface area (Å²) in [4.78, 5) is 26.2. The van der Waals surface area contributed by atoms with Gasteiger partial charge >= 0.3 is 0 Å². The molecule has 6 nitrogen and oxygen atoms in total. The van der Waals surface area contributed by atoms with E-state index in [0.717, 1.165) is 31.7 Å². The normalized spacial score (nSPS) is 15.6. The first-order chi connectivity index (χ1) is 14.7. The highest BCUT2D eigenvalue weighted by atomic mass is 19.1. The van der Waals surface area contributed by atoms with Gasteiger partial charge in [-0.05, 0) is 43.2 Å². The van der Waals surface area contributed by atoms with Crippen molar-refractivity contribution in [3.8, 4) is 17.0 Å². The number of aromatic nitrogens is 2. The second-order valence-electron chi connectivity index (χ2n) is 7.44. The number of halogens is 1. The number of nitrogens with zero attached hydrogens (tertiary/aromatic N) is 4. The standard InChI is InChI=1S/C23H21FN4O2/c1-30-18-7-4-6-17(24)21(18)22-16-14-28(23(29)15(16)10-11-25-22)20-9-5-8-19(26-20)27-12-2-3-13-27/h4-11H,2-3,12-14H2,1H3. The molecule has 0 N–H and O–H groups in total. The number of hydrogen-bond acceptors (Lipinski definition) is 5. The summed E-state index contributed by atoms with van der Waals surface area (Å²) in [6, 6.07) is 12.1. The summed E-state index contributed by atoms with van der Waals surface area (Å²) < 4.78 is 20.1. The van der Waals surface area contributed by atoms with E-state index in [9.17, 15) is 9.18 Å². The number of fused-ring (bicyclic) bond motifs is 1. The maximum Gasteiger partial charge on any atom is 0.260 e. The van der Waals surface area contributed by atoms with Crippen LogP contribution in [0, 0.1) is 5.82 Å². The first kappa shape index (κ1) is 18.5. The van der Waals surface area contributed by atoms with Crippen LogP contribution in [-0.2, 0) is 6.54 Å². The Labute approximate surface area is 173 Å². The van der Waals surface area contributed by atoms with Crippen LogP contribution >= 0.6 is 0 Å². The van der Waals surface area contributed by atoms with E-state index in [1.165, 1.54) is 19.4 Å². The first-order valence-electron chi connectivity index (χ1n) is 10.0. The smallest absolute Gasteiger partial charge is 0.260 e. The van der Waals surface area contributed by atoms with Crippen LogP contribution in [0.4, 0.5) is 16.0 Å². The van der Waals surface area contributed by atoms with Crippen LogP contribution in [0.25, 0.3) is 11.3 Å². The van der Waals surface area contributed by atoms with Gasteiger partial charge in [0.15, 0.2) is 0 Å². The van der Waals surface area contributed by atoms with Crippen molar-refractivity contribution < 1.29 is 13.9 Å². The summed E-state index contributed by atoms with van der Waals surface area (Å²) in [5.41, 5.74) is 1.89. The lowest BCUT2D eigenvalue weighted by molar-refractivity contribution is 0.0996. The Bertz CT molecular complexity index is 1130. The summed E-state index contributed by atoms with van der Waals surface area (Å²) in [5.74, 6) is 1.26. The SMILES string of the molecule is COc1cccc(F)c1-c1nccc2c1CN(c1cccc(N3CCCC3)n1)C2=O. The minimum absolute atomic E-state index is 0.157. The van der Waals surface area contributed by atoms with Gasteiger partial charge < -0.3 is 9.64 Å². The predicted octanol–water partition coefficient (Wildman–Crippen LogP) is 4.05. The largest absolute Gasteiger partial charge is 0.496 e. The molecule has 0 aliphatic carbocycles. The molecule has 0 saturated carbocycles. The van der Waals surface area contributed by atoms with E-state index in [0.29, 0.717) is 28.4 Å². The van der Waals surface area contributed by atoms with Crippen LogP contribution in [0.15, 0.2) is 48.7 Å². The Morgan fingerprint density at radius 3 is 2.60 bits per heavy atom. The molecule has 0 atom stereocenters. The highest BCUT2D eigenvalue weighted by Crippen LogP contribution is 2.38. The lowest BCUT2D eigenvalue weighted by Gasteiger charge is -2.20. The molecule has 1 amide bonds. The molecule has 2 aromatic heterocycles. The fourth-order valence-corrected chi connectivity index (χ4v) is 4.22. The van der Waals surface area contributed by atoms with Crippen LogP contribution in [-0.4, -0.2) is 36.1 Å². The van der Waals surface area contributed by atoms with Gasteiger partial charge in [0, 0.05) is 30.4 Å². The predicted molar refractivity (Wildman–Crippen MR) is 112 cm³/mol. The Hall–Kier alpha value is -3.48. The maximum atomic E-state index is 14.7. The molecule has 3 aromatic rings. The monoisotopic (exact) mass is 404 g/mol. The molecule has 5 rings (SSSR count). The molecule has 152 valence electrons. The van der Waals surface area contributed by atoms with Crippen molar-refractivity contribution in [1.82, 2.24) is 9.97 Å². The fraction of sp³-hybridized carbons (Fsp3) is 0.261. The Balaban J connectivity index is 1.55. The van der Waals surface area contributed by atoms with E-state index >= 15 is 0 Å². The van der Waals surface area contributed by atoms with Gasteiger partial charge in [0.05, 0.1) is 24.9 Å². The van der Waals surface area contributed by atoms with Crippen LogP contribution in [0.5, 0.6) is 5.75 Å². The summed E-state index contributed by atoms with van der Waals surface area (Å²) >= 11 is 0. The van der Waals surface area contributed by atoms with Crippen LogP contribution in [0.3, 0.4) is 0 Å². The van der Waals surface area contributed by atoms with E-state index in [-0.39, 0.29) is 18.0 Å². The highest BCUT2D eigenvalue weighted by molar-refractivity contribution is 6.10. The lowest BCUT2D eigenvalue weighted by atomic mass is 10.0. The third-order valence-corrected chi connectivity index (χ3v) is 5.71. The van der Waals surface area contributed by atoms with E-state index in [1.807, 2.05) is 18.2 Å². The molecule has 0 bridgehead atoms. The molecular weight excluding hydrogens is 383 g/mol. The second kappa shape index (κ2) is 7.40. The molecule has 30 heavy (non-hydrogen) atoms. The Morgan fingerprint density at radius 1 is 1.03 bits per heavy atom. The topological polar surface area (TPSA) is 58.6 Å². The van der Waals surface area contributed by atoms with Crippen molar-refractivity contribution in [2.24, 2.45) is 0 Å². The number of carbonyl (C=O) groups is 1. The van der Waals surface area contributed by atoms with Gasteiger partial charge in [-0.15, -0.1) is 0 Å². The van der Waals surface area contributed by atoms with Gasteiger partial charge in [0.25, 0.3) is 5.91 Å². The summed E-state index contributed by atoms with van der Waals surface area (Å²) in [7, 11) is 1.49. The van der Waals surface area contributed by atoms with Gasteiger partial charge in [-0.25, -0.2) is 9.37 Å². The summed E-state index contributed by atoms with van der Waals surface area (Å²) in [6.45, 7) is 2.24. The molecule has 2 aliphatic rings. The van der Waals surface area contributed by atoms with Gasteiger partial charge in [0.2, 0.25) is 0 Å². The third-order valence-electron chi connectivity index (χ3n) is 5.71. The van der Waals surface area contributed by atoms with E-state index < -0.39 is 5.82 Å². The molecule has 4 heterocycles. The van der Waals surface area contributed by atoms with Crippen molar-refractivity contribution in [1.29, 1.82) is 0 Å². The molecule has 1 fully saturated rings. The zero-order valence-corrected chi connectivity index (χ0v) is 16.6. The minimum atomic E-state index is -0.435. The van der Waals surface area contributed by atoms with Crippen LogP contribution in [0.1, 0.15) is 28.8 Å². The molecular formula is C23H21FN4O2. The molecule has 0 unspecified atom stereocenters. The number of carbonyl (C=O) groups excluding carboxylic acids is 1. The Kier molecular flexibility index (Phi) is 4.58. The Morgan fingerprint density at radius 2 is 1.80 bits per heavy atom. The zero-order chi connectivity index (χ0) is 20.7. The fourth-order valence-electron chi connectivity index (χ4n) is 4.22. The summed E-state index contributed by atoms with van der Waals surface area (Å²) in [6.07, 6.45) is 3.84. The molecule has 2 aliphatic heterocycles. The number of hydrogen-bond donors (Lipinski definition) is 0. The maximum absolute atomic E-state index is 14.7. The van der Waals surface area contributed by atoms with Gasteiger partial charge in [-0.2, -0.15) is 0 Å². The number of pyridine rings is 2.